The third kappa shape index (κ3) is 3.71. The fraction of sp³-hybridized carbons (Fsp3) is 0.0645. The number of rotatable bonds is 4. The molecule has 6 rings (SSSR count). The Labute approximate surface area is 199 Å². The molecule has 164 valence electrons. The Bertz CT molecular complexity index is 1530. The molecule has 0 atom stereocenters. The van der Waals surface area contributed by atoms with E-state index in [1.165, 1.54) is 27.9 Å². The molecule has 1 aromatic heterocycles. The Morgan fingerprint density at radius 3 is 2.35 bits per heavy atom. The number of oxazole rings is 1. The molecule has 0 unspecified atom stereocenters. The van der Waals surface area contributed by atoms with E-state index in [0.717, 1.165) is 29.1 Å². The van der Waals surface area contributed by atoms with Crippen LogP contribution in [0, 0.1) is 0 Å². The lowest BCUT2D eigenvalue weighted by Crippen LogP contribution is -2.29. The van der Waals surface area contributed by atoms with E-state index >= 15 is 0 Å². The Kier molecular flexibility index (Phi) is 5.08. The molecule has 0 saturated heterocycles. The number of allylic oxidation sites excluding steroid dienone is 2. The first-order chi connectivity index (χ1) is 16.8. The van der Waals surface area contributed by atoms with E-state index in [-0.39, 0.29) is 0 Å². The van der Waals surface area contributed by atoms with Crippen LogP contribution in [0.5, 0.6) is 0 Å². The summed E-state index contributed by atoms with van der Waals surface area (Å²) in [4.78, 5) is 2.30. The van der Waals surface area contributed by atoms with Gasteiger partial charge in [-0.1, -0.05) is 84.9 Å². The van der Waals surface area contributed by atoms with Crippen LogP contribution in [0.4, 0.5) is 5.69 Å². The van der Waals surface area contributed by atoms with Crippen molar-refractivity contribution in [1.82, 2.24) is 0 Å². The summed E-state index contributed by atoms with van der Waals surface area (Å²) in [6.45, 7) is 0.836. The van der Waals surface area contributed by atoms with Gasteiger partial charge < -0.3 is 9.32 Å². The molecule has 0 aliphatic carbocycles. The number of benzene rings is 4. The van der Waals surface area contributed by atoms with Gasteiger partial charge in [0.2, 0.25) is 5.58 Å². The van der Waals surface area contributed by atoms with Crippen LogP contribution in [0.2, 0.25) is 0 Å². The number of aryl methyl sites for hydroxylation is 1. The van der Waals surface area contributed by atoms with Gasteiger partial charge in [-0.25, -0.2) is 0 Å². The zero-order chi connectivity index (χ0) is 22.9. The van der Waals surface area contributed by atoms with Gasteiger partial charge in [0.1, 0.15) is 7.05 Å². The molecule has 0 bridgehead atoms. The SMILES string of the molecule is C[n+]1c(C=C2C=CN(Cc3ccccc3)c3ccccc32)oc2ccc(-c3ccccc3)cc21. The van der Waals surface area contributed by atoms with E-state index in [4.69, 9.17) is 4.42 Å². The first-order valence-corrected chi connectivity index (χ1v) is 11.5. The lowest BCUT2D eigenvalue weighted by atomic mass is 9.99. The standard InChI is InChI=1S/C31H25N2O/c1-32-29-20-25(24-12-6-3-7-13-24)16-17-30(29)34-31(32)21-26-18-19-33(22-23-10-4-2-5-11-23)28-15-9-8-14-27(26)28/h2-21H,22H2,1H3/q+1. The molecule has 0 spiro atoms. The van der Waals surface area contributed by atoms with Crippen LogP contribution < -0.4 is 9.47 Å². The molecular formula is C31H25N2O+. The van der Waals surface area contributed by atoms with Gasteiger partial charge in [-0.05, 0) is 40.5 Å². The van der Waals surface area contributed by atoms with Gasteiger partial charge in [0.05, 0.1) is 6.08 Å². The highest BCUT2D eigenvalue weighted by atomic mass is 16.3. The van der Waals surface area contributed by atoms with Crippen LogP contribution in [0.3, 0.4) is 0 Å². The fourth-order valence-electron chi connectivity index (χ4n) is 4.59. The summed E-state index contributed by atoms with van der Waals surface area (Å²) >= 11 is 0. The van der Waals surface area contributed by atoms with Crippen molar-refractivity contribution >= 4 is 28.4 Å². The second-order valence-corrected chi connectivity index (χ2v) is 8.59. The average Bonchev–Trinajstić information content (AvgIpc) is 3.21. The Hall–Kier alpha value is -4.37. The Morgan fingerprint density at radius 1 is 0.794 bits per heavy atom. The molecular weight excluding hydrogens is 416 g/mol. The number of hydrogen-bond donors (Lipinski definition) is 0. The van der Waals surface area contributed by atoms with Crippen molar-refractivity contribution in [3.8, 4) is 11.1 Å². The first-order valence-electron chi connectivity index (χ1n) is 11.5. The van der Waals surface area contributed by atoms with Crippen molar-refractivity contribution in [3.63, 3.8) is 0 Å². The summed E-state index contributed by atoms with van der Waals surface area (Å²) in [5.41, 5.74) is 9.16. The number of hydrogen-bond acceptors (Lipinski definition) is 2. The van der Waals surface area contributed by atoms with Crippen molar-refractivity contribution in [1.29, 1.82) is 0 Å². The van der Waals surface area contributed by atoms with Crippen LogP contribution >= 0.6 is 0 Å². The molecule has 0 fully saturated rings. The first kappa shape index (κ1) is 20.3. The zero-order valence-electron chi connectivity index (χ0n) is 19.1. The second kappa shape index (κ2) is 8.53. The molecule has 0 N–H and O–H groups in total. The molecule has 5 aromatic rings. The maximum Gasteiger partial charge on any atom is 0.374 e. The normalized spacial score (nSPS) is 14.0. The summed E-state index contributed by atoms with van der Waals surface area (Å²) in [5, 5.41) is 0. The number of nitrogens with zero attached hydrogens (tertiary/aromatic N) is 2. The molecule has 0 amide bonds. The molecule has 3 heteroatoms. The predicted octanol–water partition coefficient (Wildman–Crippen LogP) is 7.00. The van der Waals surface area contributed by atoms with Gasteiger partial charge in [-0.2, -0.15) is 4.57 Å². The maximum atomic E-state index is 6.27. The summed E-state index contributed by atoms with van der Waals surface area (Å²) in [6, 6.07) is 35.9. The molecule has 0 saturated carbocycles. The van der Waals surface area contributed by atoms with Crippen LogP contribution in [0.15, 0.2) is 120 Å². The quantitative estimate of drug-likeness (QED) is 0.280. The molecule has 0 radical (unpaired) electrons. The van der Waals surface area contributed by atoms with Crippen LogP contribution in [-0.4, -0.2) is 0 Å². The van der Waals surface area contributed by atoms with E-state index in [1.807, 2.05) is 6.07 Å². The van der Waals surface area contributed by atoms with Gasteiger partial charge in [0, 0.05) is 30.1 Å². The molecule has 34 heavy (non-hydrogen) atoms. The smallest absolute Gasteiger partial charge is 0.374 e. The van der Waals surface area contributed by atoms with Crippen LogP contribution in [0.25, 0.3) is 33.9 Å². The van der Waals surface area contributed by atoms with Gasteiger partial charge >= 0.3 is 5.89 Å². The van der Waals surface area contributed by atoms with E-state index < -0.39 is 0 Å². The zero-order valence-corrected chi connectivity index (χ0v) is 19.1. The van der Waals surface area contributed by atoms with E-state index in [0.29, 0.717) is 0 Å². The Balaban J connectivity index is 1.38. The third-order valence-electron chi connectivity index (χ3n) is 6.41. The largest absolute Gasteiger partial charge is 0.398 e. The minimum absolute atomic E-state index is 0.825. The lowest BCUT2D eigenvalue weighted by Gasteiger charge is -2.27. The summed E-state index contributed by atoms with van der Waals surface area (Å²) in [7, 11) is 2.06. The van der Waals surface area contributed by atoms with E-state index in [9.17, 15) is 0 Å². The van der Waals surface area contributed by atoms with Crippen molar-refractivity contribution in [2.24, 2.45) is 7.05 Å². The highest BCUT2D eigenvalue weighted by Crippen LogP contribution is 2.35. The van der Waals surface area contributed by atoms with Crippen molar-refractivity contribution in [2.45, 2.75) is 6.54 Å². The molecule has 3 nitrogen and oxygen atoms in total. The molecule has 1 aliphatic heterocycles. The summed E-state index contributed by atoms with van der Waals surface area (Å²) in [5.74, 6) is 0.825. The molecule has 4 aromatic carbocycles. The number of fused-ring (bicyclic) bond motifs is 2. The maximum absolute atomic E-state index is 6.27. The Morgan fingerprint density at radius 2 is 1.53 bits per heavy atom. The van der Waals surface area contributed by atoms with Crippen molar-refractivity contribution in [3.05, 3.63) is 132 Å². The summed E-state index contributed by atoms with van der Waals surface area (Å²) in [6.07, 6.45) is 6.47. The molecule has 1 aliphatic rings. The van der Waals surface area contributed by atoms with E-state index in [1.54, 1.807) is 0 Å². The van der Waals surface area contributed by atoms with Gasteiger partial charge in [0.15, 0.2) is 0 Å². The molecule has 2 heterocycles. The van der Waals surface area contributed by atoms with Crippen molar-refractivity contribution < 1.29 is 8.98 Å². The third-order valence-corrected chi connectivity index (χ3v) is 6.41. The van der Waals surface area contributed by atoms with Gasteiger partial charge in [-0.3, -0.25) is 0 Å². The van der Waals surface area contributed by atoms with Gasteiger partial charge in [-0.15, -0.1) is 0 Å². The minimum atomic E-state index is 0.825. The summed E-state index contributed by atoms with van der Waals surface area (Å²) < 4.78 is 8.40. The predicted molar refractivity (Wildman–Crippen MR) is 139 cm³/mol. The monoisotopic (exact) mass is 441 g/mol. The van der Waals surface area contributed by atoms with Gasteiger partial charge in [0.25, 0.3) is 5.52 Å². The topological polar surface area (TPSA) is 20.3 Å². The van der Waals surface area contributed by atoms with E-state index in [2.05, 4.69) is 132 Å². The number of para-hydroxylation sites is 1. The lowest BCUT2D eigenvalue weighted by molar-refractivity contribution is -0.651. The number of aromatic nitrogens is 1. The van der Waals surface area contributed by atoms with Crippen LogP contribution in [0.1, 0.15) is 17.0 Å². The minimum Gasteiger partial charge on any atom is -0.398 e. The highest BCUT2D eigenvalue weighted by molar-refractivity contribution is 5.93. The fourth-order valence-corrected chi connectivity index (χ4v) is 4.59. The highest BCUT2D eigenvalue weighted by Gasteiger charge is 2.21. The number of anilines is 1. The second-order valence-electron chi connectivity index (χ2n) is 8.59. The average molecular weight is 442 g/mol. The van der Waals surface area contributed by atoms with Crippen molar-refractivity contribution in [2.75, 3.05) is 4.90 Å². The van der Waals surface area contributed by atoms with Crippen LogP contribution in [-0.2, 0) is 13.6 Å².